The lowest BCUT2D eigenvalue weighted by molar-refractivity contribution is 0.353. The topological polar surface area (TPSA) is 46.0 Å². The summed E-state index contributed by atoms with van der Waals surface area (Å²) < 4.78 is 76.9. The summed E-state index contributed by atoms with van der Waals surface area (Å²) in [7, 11) is -1.29. The summed E-state index contributed by atoms with van der Waals surface area (Å²) in [6.45, 7) is 0. The molecule has 0 amide bonds. The Kier molecular flexibility index (Phi) is 4.17. The van der Waals surface area contributed by atoms with E-state index in [1.54, 1.807) is 0 Å². The molecule has 0 fully saturated rings. The first-order chi connectivity index (χ1) is 8.52. The van der Waals surface area contributed by atoms with Gasteiger partial charge in [-0.25, -0.2) is 13.2 Å². The average Bonchev–Trinajstić information content (AvgIpc) is 2.40. The third kappa shape index (κ3) is 2.50. The molecule has 0 bridgehead atoms. The predicted octanol–water partition coefficient (Wildman–Crippen LogP) is 4.68. The van der Waals surface area contributed by atoms with E-state index in [1.807, 2.05) is 0 Å². The highest BCUT2D eigenvalue weighted by Gasteiger charge is 2.29. The monoisotopic (exact) mass is 319 g/mol. The normalized spacial score (nSPS) is 19.9. The smallest absolute Gasteiger partial charge is 0.311 e. The average molecular weight is 319 g/mol. The van der Waals surface area contributed by atoms with Crippen LogP contribution in [0.3, 0.4) is 0 Å². The van der Waals surface area contributed by atoms with Crippen LogP contribution in [0.4, 0.5) is 22.0 Å². The van der Waals surface area contributed by atoms with Crippen molar-refractivity contribution in [3.05, 3.63) is 29.1 Å². The molecule has 1 atom stereocenters. The van der Waals surface area contributed by atoms with Gasteiger partial charge >= 0.3 is 8.45 Å². The van der Waals surface area contributed by atoms with Gasteiger partial charge in [0.25, 0.3) is 0 Å². The summed E-state index contributed by atoms with van der Waals surface area (Å²) in [5.74, 6) is -11.7. The maximum absolute atomic E-state index is 13.2. The maximum atomic E-state index is 13.2. The van der Waals surface area contributed by atoms with E-state index in [0.717, 1.165) is 0 Å². The van der Waals surface area contributed by atoms with Crippen molar-refractivity contribution in [2.45, 2.75) is 0 Å². The van der Waals surface area contributed by atoms with Crippen LogP contribution in [0, 0.1) is 29.1 Å². The first kappa shape index (κ1) is 13.7. The Labute approximate surface area is 101 Å². The highest BCUT2D eigenvalue weighted by atomic mass is 31.2. The Morgan fingerprint density at radius 3 is 2.00 bits per heavy atom. The van der Waals surface area contributed by atoms with Crippen molar-refractivity contribution in [3.8, 4) is 5.75 Å². The van der Waals surface area contributed by atoms with Gasteiger partial charge in [0.2, 0.25) is 34.8 Å². The Morgan fingerprint density at radius 2 is 1.50 bits per heavy atom. The van der Waals surface area contributed by atoms with Crippen LogP contribution in [0.25, 0.3) is 0 Å². The summed E-state index contributed by atoms with van der Waals surface area (Å²) in [4.78, 5) is 2.48. The third-order valence-corrected chi connectivity index (χ3v) is 4.73. The molecule has 96 valence electrons. The molecule has 1 N–H and O–H groups in total. The fraction of sp³-hybridized carbons (Fsp3) is 0. The van der Waals surface area contributed by atoms with Crippen LogP contribution in [0.15, 0.2) is 9.03 Å². The molecule has 0 aliphatic carbocycles. The van der Waals surface area contributed by atoms with Crippen molar-refractivity contribution in [2.24, 2.45) is 9.03 Å². The largest absolute Gasteiger partial charge is 0.432 e. The second-order valence-corrected chi connectivity index (χ2v) is 6.07. The van der Waals surface area contributed by atoms with Gasteiger partial charge in [0.1, 0.15) is 8.52 Å². The zero-order valence-corrected chi connectivity index (χ0v) is 10.7. The molecule has 1 heterocycles. The SMILES string of the molecule is Fc1c(F)c(F)c(OP2N=PN=PN2)c(F)c1F. The van der Waals surface area contributed by atoms with Crippen molar-refractivity contribution in [1.82, 2.24) is 4.86 Å². The van der Waals surface area contributed by atoms with Gasteiger partial charge in [0, 0.05) is 0 Å². The van der Waals surface area contributed by atoms with Gasteiger partial charge in [-0.2, -0.15) is 22.7 Å². The lowest BCUT2D eigenvalue weighted by Gasteiger charge is -2.14. The zero-order valence-electron chi connectivity index (χ0n) is 8.03. The summed E-state index contributed by atoms with van der Waals surface area (Å²) in [6.07, 6.45) is 0. The number of hydrogen-bond acceptors (Lipinski definition) is 4. The molecule has 1 aromatic carbocycles. The molecule has 1 aliphatic rings. The highest BCUT2D eigenvalue weighted by Crippen LogP contribution is 2.46. The van der Waals surface area contributed by atoms with E-state index >= 15 is 0 Å². The number of nitrogens with zero attached hydrogens (tertiary/aromatic N) is 2. The van der Waals surface area contributed by atoms with Crippen LogP contribution >= 0.6 is 25.5 Å². The summed E-state index contributed by atoms with van der Waals surface area (Å²) >= 11 is 0. The number of benzene rings is 1. The number of rotatable bonds is 2. The molecule has 0 aromatic heterocycles. The maximum Gasteiger partial charge on any atom is 0.311 e. The van der Waals surface area contributed by atoms with Crippen molar-refractivity contribution < 1.29 is 26.5 Å². The van der Waals surface area contributed by atoms with E-state index < -0.39 is 43.3 Å². The second kappa shape index (κ2) is 5.49. The molecule has 2 rings (SSSR count). The Bertz CT molecular complexity index is 525. The standard InChI is InChI=1S/C6HF5N3OP3/c7-1-2(8)4(10)6(5(11)3(1)9)15-18-13-16-12-17-14-18/h(H,12,13,14). The van der Waals surface area contributed by atoms with Gasteiger partial charge in [-0.15, -0.1) is 0 Å². The minimum atomic E-state index is -2.23. The van der Waals surface area contributed by atoms with E-state index in [2.05, 4.69) is 18.4 Å². The summed E-state index contributed by atoms with van der Waals surface area (Å²) in [6, 6.07) is 0. The fourth-order valence-electron chi connectivity index (χ4n) is 0.943. The van der Waals surface area contributed by atoms with Crippen LogP contribution in [-0.2, 0) is 0 Å². The van der Waals surface area contributed by atoms with Gasteiger partial charge in [0.05, 0.1) is 0 Å². The van der Waals surface area contributed by atoms with Gasteiger partial charge in [-0.3, -0.25) is 0 Å². The molecular weight excluding hydrogens is 318 g/mol. The zero-order chi connectivity index (χ0) is 13.3. The van der Waals surface area contributed by atoms with Crippen LogP contribution < -0.4 is 9.38 Å². The van der Waals surface area contributed by atoms with Crippen LogP contribution in [0.5, 0.6) is 5.75 Å². The van der Waals surface area contributed by atoms with Gasteiger partial charge < -0.3 is 4.52 Å². The molecule has 0 radical (unpaired) electrons. The number of halogens is 5. The van der Waals surface area contributed by atoms with Gasteiger partial charge in [0.15, 0.2) is 8.52 Å². The Morgan fingerprint density at radius 1 is 0.944 bits per heavy atom. The molecule has 1 aliphatic heterocycles. The molecule has 1 unspecified atom stereocenters. The minimum absolute atomic E-state index is 0.255. The molecular formula is C6HF5N3OP3. The minimum Gasteiger partial charge on any atom is -0.432 e. The number of hydrogen-bond donors (Lipinski definition) is 1. The van der Waals surface area contributed by atoms with E-state index in [0.29, 0.717) is 8.52 Å². The van der Waals surface area contributed by atoms with Crippen molar-refractivity contribution in [1.29, 1.82) is 0 Å². The quantitative estimate of drug-likeness (QED) is 0.372. The second-order valence-electron chi connectivity index (χ2n) is 2.73. The van der Waals surface area contributed by atoms with E-state index in [9.17, 15) is 22.0 Å². The van der Waals surface area contributed by atoms with Crippen LogP contribution in [-0.4, -0.2) is 0 Å². The molecule has 0 saturated carbocycles. The first-order valence-corrected chi connectivity index (χ1v) is 6.94. The van der Waals surface area contributed by atoms with E-state index in [-0.39, 0.29) is 8.52 Å². The van der Waals surface area contributed by atoms with Crippen molar-refractivity contribution in [2.75, 3.05) is 0 Å². The Balaban J connectivity index is 2.38. The molecule has 0 spiro atoms. The molecule has 4 nitrogen and oxygen atoms in total. The van der Waals surface area contributed by atoms with Crippen molar-refractivity contribution >= 4 is 25.5 Å². The van der Waals surface area contributed by atoms with E-state index in [4.69, 9.17) is 0 Å². The molecule has 1 aromatic rings. The lowest BCUT2D eigenvalue weighted by Crippen LogP contribution is -2.06. The van der Waals surface area contributed by atoms with Crippen LogP contribution in [0.2, 0.25) is 0 Å². The molecule has 12 heteroatoms. The van der Waals surface area contributed by atoms with Crippen LogP contribution in [0.1, 0.15) is 0 Å². The van der Waals surface area contributed by atoms with Gasteiger partial charge in [-0.05, 0) is 0 Å². The number of nitrogens with one attached hydrogen (secondary N) is 1. The van der Waals surface area contributed by atoms with E-state index in [1.165, 1.54) is 0 Å². The lowest BCUT2D eigenvalue weighted by atomic mass is 10.3. The van der Waals surface area contributed by atoms with Crippen molar-refractivity contribution in [3.63, 3.8) is 0 Å². The third-order valence-electron chi connectivity index (χ3n) is 1.68. The highest BCUT2D eigenvalue weighted by molar-refractivity contribution is 7.64. The molecule has 0 saturated heterocycles. The Hall–Kier alpha value is -0.740. The first-order valence-electron chi connectivity index (χ1n) is 4.08. The predicted molar refractivity (Wildman–Crippen MR) is 55.6 cm³/mol. The molecule has 18 heavy (non-hydrogen) atoms. The summed E-state index contributed by atoms with van der Waals surface area (Å²) in [5.41, 5.74) is 0. The fourth-order valence-corrected chi connectivity index (χ4v) is 3.85. The summed E-state index contributed by atoms with van der Waals surface area (Å²) in [5, 5.41) is 0. The van der Waals surface area contributed by atoms with Gasteiger partial charge in [-0.1, -0.05) is 0 Å².